The third kappa shape index (κ3) is 23.9. The van der Waals surface area contributed by atoms with Gasteiger partial charge in [-0.2, -0.15) is 0 Å². The molecule has 12 aromatic carbocycles. The topological polar surface area (TPSA) is 112 Å². The third-order valence-corrected chi connectivity index (χ3v) is 23.1. The summed E-state index contributed by atoms with van der Waals surface area (Å²) in [5.41, 5.74) is 14.9. The molecule has 0 aliphatic carbocycles. The van der Waals surface area contributed by atoms with E-state index in [4.69, 9.17) is 38.9 Å². The first-order chi connectivity index (χ1) is 58.9. The Morgan fingerprint density at radius 3 is 0.558 bits per heavy atom. The molecule has 16 nitrogen and oxygen atoms in total. The number of aryl methyl sites for hydroxylation is 4. The Labute approximate surface area is 725 Å². The van der Waals surface area contributed by atoms with E-state index in [1.165, 1.54) is 0 Å². The largest absolute Gasteiger partial charge is 0.378 e. The van der Waals surface area contributed by atoms with Crippen LogP contribution in [0.3, 0.4) is 0 Å². The summed E-state index contributed by atoms with van der Waals surface area (Å²) in [4.78, 5) is 41.2. The summed E-state index contributed by atoms with van der Waals surface area (Å²) in [5, 5.41) is 2.83. The van der Waals surface area contributed by atoms with Crippen LogP contribution in [0.25, 0.3) is 0 Å². The van der Waals surface area contributed by atoms with Crippen molar-refractivity contribution in [2.75, 3.05) is 143 Å². The number of hydrogen-bond acceptors (Lipinski definition) is 16. The Bertz CT molecular complexity index is 4650. The molecule has 120 heavy (non-hydrogen) atoms. The number of nitrogens with zero attached hydrogens (tertiary/aromatic N) is 12. The maximum Gasteiger partial charge on any atom is 0.174 e. The van der Waals surface area contributed by atoms with E-state index in [0.29, 0.717) is 96.5 Å². The SMILES string of the molecule is Cc1ccc(N2C(=Nc3ccccc3)SCCOCCOCCSC(=Nc3ccccc3)N(c3ccc(C)cc3)C(N(C)c3ccccc3)=C(N(C)c3ccccc3)N(c3ccc(C)cc3)C(=Nc3ccccc3)SCCOCCOCCSC(=Nc3ccccc3)N(c3ccc(C)cc3)C(N(C)c3ccccc3)=C2N(C)c2ccccc2)cc1. The highest BCUT2D eigenvalue weighted by Gasteiger charge is 2.38. The molecule has 1 aliphatic rings. The van der Waals surface area contributed by atoms with E-state index >= 15 is 0 Å². The highest BCUT2D eigenvalue weighted by atomic mass is 32.2. The number of amidine groups is 4. The van der Waals surface area contributed by atoms with Crippen LogP contribution in [0.15, 0.2) is 383 Å². The number of aliphatic imine (C=N–C) groups is 4. The molecule has 0 amide bonds. The van der Waals surface area contributed by atoms with E-state index < -0.39 is 0 Å². The van der Waals surface area contributed by atoms with Crippen molar-refractivity contribution in [2.45, 2.75) is 27.7 Å². The zero-order valence-electron chi connectivity index (χ0n) is 69.4. The molecule has 0 radical (unpaired) electrons. The lowest BCUT2D eigenvalue weighted by Gasteiger charge is -2.42. The lowest BCUT2D eigenvalue weighted by atomic mass is 10.2. The van der Waals surface area contributed by atoms with Crippen molar-refractivity contribution in [3.8, 4) is 0 Å². The number of thioether (sulfide) groups is 4. The molecule has 20 heteroatoms. The van der Waals surface area contributed by atoms with Gasteiger partial charge in [-0.25, -0.2) is 20.0 Å². The third-order valence-electron chi connectivity index (χ3n) is 19.5. The number of benzene rings is 12. The minimum absolute atomic E-state index is 0.347. The number of rotatable bonds is 16. The molecule has 0 bridgehead atoms. The van der Waals surface area contributed by atoms with E-state index in [9.17, 15) is 0 Å². The van der Waals surface area contributed by atoms with Crippen molar-refractivity contribution >= 4 is 136 Å². The van der Waals surface area contributed by atoms with Gasteiger partial charge in [-0.1, -0.05) is 263 Å². The Balaban J connectivity index is 0.955. The molecule has 0 aromatic heterocycles. The highest BCUT2D eigenvalue weighted by molar-refractivity contribution is 8.15. The van der Waals surface area contributed by atoms with E-state index in [-0.39, 0.29) is 0 Å². The van der Waals surface area contributed by atoms with Crippen molar-refractivity contribution < 1.29 is 18.9 Å². The van der Waals surface area contributed by atoms with Crippen molar-refractivity contribution in [1.29, 1.82) is 0 Å². The average molecular weight is 1670 g/mol. The van der Waals surface area contributed by atoms with Crippen LogP contribution in [0.2, 0.25) is 0 Å². The molecule has 0 unspecified atom stereocenters. The van der Waals surface area contributed by atoms with Crippen molar-refractivity contribution in [2.24, 2.45) is 20.0 Å². The molecular weight excluding hydrogens is 1560 g/mol. The van der Waals surface area contributed by atoms with E-state index in [1.54, 1.807) is 47.0 Å². The Kier molecular flexibility index (Phi) is 32.4. The second kappa shape index (κ2) is 45.0. The molecule has 12 aromatic rings. The Hall–Kier alpha value is -11.6. The van der Waals surface area contributed by atoms with Gasteiger partial charge in [0.25, 0.3) is 0 Å². The van der Waals surface area contributed by atoms with Crippen LogP contribution in [0, 0.1) is 27.7 Å². The molecule has 0 atom stereocenters. The predicted octanol–water partition coefficient (Wildman–Crippen LogP) is 23.8. The van der Waals surface area contributed by atoms with Gasteiger partial charge in [-0.3, -0.25) is 19.6 Å². The molecule has 0 saturated carbocycles. The Morgan fingerprint density at radius 2 is 0.383 bits per heavy atom. The van der Waals surface area contributed by atoms with Gasteiger partial charge < -0.3 is 38.5 Å². The van der Waals surface area contributed by atoms with E-state index in [1.807, 2.05) is 72.8 Å². The zero-order chi connectivity index (χ0) is 83.0. The molecule has 0 N–H and O–H groups in total. The minimum Gasteiger partial charge on any atom is -0.378 e. The van der Waals surface area contributed by atoms with Crippen LogP contribution in [0.1, 0.15) is 22.3 Å². The average Bonchev–Trinajstić information content (AvgIpc) is 0.758. The summed E-state index contributed by atoms with van der Waals surface area (Å²) >= 11 is 6.52. The maximum atomic E-state index is 6.69. The molecule has 1 heterocycles. The highest BCUT2D eigenvalue weighted by Crippen LogP contribution is 2.42. The smallest absolute Gasteiger partial charge is 0.174 e. The van der Waals surface area contributed by atoms with Gasteiger partial charge in [-0.15, -0.1) is 0 Å². The normalized spacial score (nSPS) is 16.3. The number of para-hydroxylation sites is 8. The summed E-state index contributed by atoms with van der Waals surface area (Å²) in [6.45, 7) is 11.4. The predicted molar refractivity (Wildman–Crippen MR) is 515 cm³/mol. The van der Waals surface area contributed by atoms with Gasteiger partial charge in [-0.05, 0) is 173 Å². The Morgan fingerprint density at radius 1 is 0.217 bits per heavy atom. The summed E-state index contributed by atoms with van der Waals surface area (Å²) in [7, 11) is 8.57. The van der Waals surface area contributed by atoms with Crippen LogP contribution in [0.5, 0.6) is 0 Å². The summed E-state index contributed by atoms with van der Waals surface area (Å²) in [6, 6.07) is 118. The molecule has 13 rings (SSSR count). The molecular formula is C100H104N12O4S4. The number of anilines is 8. The summed E-state index contributed by atoms with van der Waals surface area (Å²) < 4.78 is 26.8. The van der Waals surface area contributed by atoms with Gasteiger partial charge in [0.2, 0.25) is 0 Å². The van der Waals surface area contributed by atoms with Gasteiger partial charge in [0.15, 0.2) is 44.0 Å². The molecule has 612 valence electrons. The quantitative estimate of drug-likeness (QED) is 0.0914. The van der Waals surface area contributed by atoms with Crippen molar-refractivity contribution in [3.05, 3.63) is 385 Å². The fourth-order valence-corrected chi connectivity index (χ4v) is 16.7. The lowest BCUT2D eigenvalue weighted by molar-refractivity contribution is 0.0606. The van der Waals surface area contributed by atoms with E-state index in [0.717, 1.165) is 114 Å². The van der Waals surface area contributed by atoms with Crippen LogP contribution in [-0.4, -0.2) is 125 Å². The monoisotopic (exact) mass is 1660 g/mol. The zero-order valence-corrected chi connectivity index (χ0v) is 72.7. The van der Waals surface area contributed by atoms with Crippen LogP contribution in [0.4, 0.5) is 68.2 Å². The molecule has 0 saturated heterocycles. The van der Waals surface area contributed by atoms with Gasteiger partial charge in [0, 0.05) is 96.7 Å². The fraction of sp³-hybridized carbons (Fsp3) is 0.200. The summed E-state index contributed by atoms with van der Waals surface area (Å²) in [6.07, 6.45) is 0. The van der Waals surface area contributed by atoms with Crippen molar-refractivity contribution in [3.63, 3.8) is 0 Å². The molecule has 1 aliphatic heterocycles. The first kappa shape index (κ1) is 86.3. The van der Waals surface area contributed by atoms with Crippen molar-refractivity contribution in [1.82, 2.24) is 0 Å². The molecule has 0 spiro atoms. The van der Waals surface area contributed by atoms with Crippen LogP contribution < -0.4 is 39.2 Å². The fourth-order valence-electron chi connectivity index (χ4n) is 13.2. The van der Waals surface area contributed by atoms with Gasteiger partial charge in [0.05, 0.1) is 75.6 Å². The van der Waals surface area contributed by atoms with Crippen LogP contribution >= 0.6 is 47.0 Å². The number of ether oxygens (including phenoxy) is 4. The molecule has 0 fully saturated rings. The second-order valence-corrected chi connectivity index (χ2v) is 32.6. The van der Waals surface area contributed by atoms with Crippen LogP contribution in [-0.2, 0) is 18.9 Å². The first-order valence-electron chi connectivity index (χ1n) is 40.4. The van der Waals surface area contributed by atoms with Gasteiger partial charge in [0.1, 0.15) is 0 Å². The van der Waals surface area contributed by atoms with E-state index in [2.05, 4.69) is 362 Å². The first-order valence-corrected chi connectivity index (χ1v) is 44.3. The summed E-state index contributed by atoms with van der Waals surface area (Å²) in [5.74, 6) is 5.23. The number of hydrogen-bond donors (Lipinski definition) is 0. The maximum absolute atomic E-state index is 6.69. The minimum atomic E-state index is 0.347. The van der Waals surface area contributed by atoms with Gasteiger partial charge >= 0.3 is 0 Å². The standard InChI is InChI=1S/C100H104N12O4S4/c1-77-49-57-89(58-50-77)109-93(105(5)85-41-25-13-26-42-85)94(106(6)86-43-27-14-28-44-86)110(90-59-51-78(2)52-60-90)98(102-82-35-19-10-20-36-82)118-74-70-115-67-68-116-72-76-120-100(104-84-39-23-12-24-40-84)112(92-63-55-80(4)56-64-92)96(108(8)88-47-31-16-32-48-88)95(107(7)87-45-29-15-30-46-87)111(91-61-53-79(3)54-62-91)99(103-83-37-21-11-22-38-83)119-75-71-114-66-65-113-69-73-117-97(109)101-81-33-17-9-18-34-81/h9-64H,65-76H2,1-8H3. The second-order valence-electron chi connectivity index (χ2n) is 28.3. The lowest BCUT2D eigenvalue weighted by Crippen LogP contribution is -2.46.